The van der Waals surface area contributed by atoms with Crippen LogP contribution in [0.1, 0.15) is 30.9 Å². The highest BCUT2D eigenvalue weighted by Crippen LogP contribution is 2.26. The lowest BCUT2D eigenvalue weighted by Crippen LogP contribution is -2.40. The number of hydrogen-bond acceptors (Lipinski definition) is 4. The van der Waals surface area contributed by atoms with Crippen LogP contribution in [0.5, 0.6) is 0 Å². The molecule has 1 saturated heterocycles. The highest BCUT2D eigenvalue weighted by molar-refractivity contribution is 7.89. The van der Waals surface area contributed by atoms with Crippen molar-refractivity contribution in [3.05, 3.63) is 60.2 Å². The van der Waals surface area contributed by atoms with Gasteiger partial charge in [0.05, 0.1) is 4.90 Å². The average Bonchev–Trinajstić information content (AvgIpc) is 2.70. The third-order valence-electron chi connectivity index (χ3n) is 5.15. The third-order valence-corrected chi connectivity index (χ3v) is 6.59. The molecule has 2 aromatic rings. The zero-order valence-corrected chi connectivity index (χ0v) is 17.0. The van der Waals surface area contributed by atoms with Crippen LogP contribution in [-0.4, -0.2) is 47.0 Å². The van der Waals surface area contributed by atoms with Gasteiger partial charge in [-0.25, -0.2) is 13.1 Å². The maximum Gasteiger partial charge on any atom is 0.240 e. The minimum atomic E-state index is -3.51. The number of nitrogens with one attached hydrogen (secondary N) is 1. The second-order valence-corrected chi connectivity index (χ2v) is 9.03. The molecular formula is C21H29N3O2S. The lowest BCUT2D eigenvalue weighted by Gasteiger charge is -2.35. The molecule has 1 heterocycles. The summed E-state index contributed by atoms with van der Waals surface area (Å²) in [6.45, 7) is 2.39. The van der Waals surface area contributed by atoms with Gasteiger partial charge in [0.25, 0.3) is 0 Å². The van der Waals surface area contributed by atoms with E-state index in [9.17, 15) is 8.42 Å². The molecule has 2 aromatic carbocycles. The van der Waals surface area contributed by atoms with Crippen molar-refractivity contribution in [1.82, 2.24) is 9.62 Å². The molecule has 0 saturated carbocycles. The minimum absolute atomic E-state index is 0.0417. The van der Waals surface area contributed by atoms with E-state index in [0.717, 1.165) is 37.2 Å². The third kappa shape index (κ3) is 5.09. The molecule has 5 nitrogen and oxygen atoms in total. The lowest BCUT2D eigenvalue weighted by atomic mass is 10.0. The van der Waals surface area contributed by atoms with E-state index in [1.165, 1.54) is 6.42 Å². The molecule has 0 bridgehead atoms. The fraction of sp³-hybridized carbons (Fsp3) is 0.429. The Kier molecular flexibility index (Phi) is 6.52. The SMILES string of the molecule is CN(C)c1ccc(C(CNS(=O)(=O)c2ccccc2)N2CCCCC2)cc1. The van der Waals surface area contributed by atoms with E-state index in [1.54, 1.807) is 24.3 Å². The van der Waals surface area contributed by atoms with Gasteiger partial charge in [0.1, 0.15) is 0 Å². The lowest BCUT2D eigenvalue weighted by molar-refractivity contribution is 0.164. The van der Waals surface area contributed by atoms with Crippen molar-refractivity contribution in [2.45, 2.75) is 30.2 Å². The Balaban J connectivity index is 1.80. The van der Waals surface area contributed by atoms with Gasteiger partial charge in [0, 0.05) is 32.4 Å². The second-order valence-electron chi connectivity index (χ2n) is 7.26. The first-order valence-corrected chi connectivity index (χ1v) is 11.0. The van der Waals surface area contributed by atoms with E-state index in [0.29, 0.717) is 11.4 Å². The highest BCUT2D eigenvalue weighted by atomic mass is 32.2. The van der Waals surface area contributed by atoms with Gasteiger partial charge in [-0.3, -0.25) is 4.90 Å². The Morgan fingerprint density at radius 1 is 0.963 bits per heavy atom. The molecular weight excluding hydrogens is 358 g/mol. The molecule has 0 aromatic heterocycles. The number of sulfonamides is 1. The summed E-state index contributed by atoms with van der Waals surface area (Å²) in [5.41, 5.74) is 2.29. The van der Waals surface area contributed by atoms with E-state index in [-0.39, 0.29) is 6.04 Å². The van der Waals surface area contributed by atoms with Crippen LogP contribution < -0.4 is 9.62 Å². The molecule has 0 aliphatic carbocycles. The molecule has 1 aliphatic rings. The van der Waals surface area contributed by atoms with Gasteiger partial charge >= 0.3 is 0 Å². The molecule has 1 N–H and O–H groups in total. The van der Waals surface area contributed by atoms with Crippen molar-refractivity contribution >= 4 is 15.7 Å². The second kappa shape index (κ2) is 8.87. The van der Waals surface area contributed by atoms with Crippen LogP contribution in [0.25, 0.3) is 0 Å². The molecule has 0 spiro atoms. The molecule has 27 heavy (non-hydrogen) atoms. The maximum absolute atomic E-state index is 12.7. The number of anilines is 1. The summed E-state index contributed by atoms with van der Waals surface area (Å²) >= 11 is 0. The largest absolute Gasteiger partial charge is 0.378 e. The quantitative estimate of drug-likeness (QED) is 0.792. The van der Waals surface area contributed by atoms with Crippen molar-refractivity contribution < 1.29 is 8.42 Å². The predicted molar refractivity (Wildman–Crippen MR) is 111 cm³/mol. The van der Waals surface area contributed by atoms with Crippen LogP contribution in [0.3, 0.4) is 0 Å². The Morgan fingerprint density at radius 3 is 2.19 bits per heavy atom. The number of rotatable bonds is 7. The summed E-state index contributed by atoms with van der Waals surface area (Å²) in [4.78, 5) is 4.78. The van der Waals surface area contributed by atoms with Crippen LogP contribution in [-0.2, 0) is 10.0 Å². The van der Waals surface area contributed by atoms with Crippen LogP contribution in [0.4, 0.5) is 5.69 Å². The Morgan fingerprint density at radius 2 is 1.59 bits per heavy atom. The van der Waals surface area contributed by atoms with E-state index in [2.05, 4.69) is 38.8 Å². The summed E-state index contributed by atoms with van der Waals surface area (Å²) in [5, 5.41) is 0. The van der Waals surface area contributed by atoms with Crippen LogP contribution in [0, 0.1) is 0 Å². The highest BCUT2D eigenvalue weighted by Gasteiger charge is 2.24. The number of piperidine rings is 1. The van der Waals surface area contributed by atoms with Crippen LogP contribution >= 0.6 is 0 Å². The van der Waals surface area contributed by atoms with Gasteiger partial charge in [-0.05, 0) is 55.8 Å². The first-order valence-electron chi connectivity index (χ1n) is 9.53. The van der Waals surface area contributed by atoms with Crippen LogP contribution in [0.2, 0.25) is 0 Å². The van der Waals surface area contributed by atoms with E-state index in [1.807, 2.05) is 20.2 Å². The molecule has 3 rings (SSSR count). The standard InChI is InChI=1S/C21H29N3O2S/c1-23(2)19-13-11-18(12-14-19)21(24-15-7-4-8-16-24)17-22-27(25,26)20-9-5-3-6-10-20/h3,5-6,9-14,21-22H,4,7-8,15-17H2,1-2H3. The van der Waals surface area contributed by atoms with Crippen molar-refractivity contribution in [2.75, 3.05) is 38.6 Å². The zero-order chi connectivity index (χ0) is 19.3. The van der Waals surface area contributed by atoms with Crippen molar-refractivity contribution in [3.63, 3.8) is 0 Å². The molecule has 146 valence electrons. The number of likely N-dealkylation sites (tertiary alicyclic amines) is 1. The molecule has 6 heteroatoms. The Hall–Kier alpha value is -1.89. The Labute approximate surface area is 163 Å². The predicted octanol–water partition coefficient (Wildman–Crippen LogP) is 3.26. The summed E-state index contributed by atoms with van der Waals surface area (Å²) in [6, 6.07) is 17.0. The van der Waals surface area contributed by atoms with Crippen molar-refractivity contribution in [3.8, 4) is 0 Å². The summed E-state index contributed by atoms with van der Waals surface area (Å²) < 4.78 is 28.1. The molecule has 1 aliphatic heterocycles. The first kappa shape index (κ1) is 19.9. The number of hydrogen-bond donors (Lipinski definition) is 1. The van der Waals surface area contributed by atoms with Gasteiger partial charge < -0.3 is 4.90 Å². The number of benzene rings is 2. The smallest absolute Gasteiger partial charge is 0.240 e. The monoisotopic (exact) mass is 387 g/mol. The molecule has 1 fully saturated rings. The van der Waals surface area contributed by atoms with Crippen molar-refractivity contribution in [2.24, 2.45) is 0 Å². The average molecular weight is 388 g/mol. The van der Waals surface area contributed by atoms with E-state index < -0.39 is 10.0 Å². The molecule has 0 amide bonds. The molecule has 1 unspecified atom stereocenters. The fourth-order valence-electron chi connectivity index (χ4n) is 3.55. The van der Waals surface area contributed by atoms with Gasteiger partial charge in [0.15, 0.2) is 0 Å². The number of nitrogens with zero attached hydrogens (tertiary/aromatic N) is 2. The normalized spacial score (nSPS) is 16.8. The van der Waals surface area contributed by atoms with E-state index >= 15 is 0 Å². The van der Waals surface area contributed by atoms with Crippen molar-refractivity contribution in [1.29, 1.82) is 0 Å². The minimum Gasteiger partial charge on any atom is -0.378 e. The molecule has 1 atom stereocenters. The van der Waals surface area contributed by atoms with Gasteiger partial charge in [0.2, 0.25) is 10.0 Å². The van der Waals surface area contributed by atoms with Gasteiger partial charge in [-0.1, -0.05) is 36.8 Å². The fourth-order valence-corrected chi connectivity index (χ4v) is 4.61. The summed E-state index contributed by atoms with van der Waals surface area (Å²) in [5.74, 6) is 0. The summed E-state index contributed by atoms with van der Waals surface area (Å²) in [6.07, 6.45) is 3.58. The van der Waals surface area contributed by atoms with Crippen LogP contribution in [0.15, 0.2) is 59.5 Å². The van der Waals surface area contributed by atoms with E-state index in [4.69, 9.17) is 0 Å². The van der Waals surface area contributed by atoms with Gasteiger partial charge in [-0.2, -0.15) is 0 Å². The first-order chi connectivity index (χ1) is 13.0. The Bertz CT molecular complexity index is 814. The van der Waals surface area contributed by atoms with Gasteiger partial charge in [-0.15, -0.1) is 0 Å². The zero-order valence-electron chi connectivity index (χ0n) is 16.1. The summed E-state index contributed by atoms with van der Waals surface area (Å²) in [7, 11) is 0.529. The topological polar surface area (TPSA) is 52.7 Å². The molecule has 0 radical (unpaired) electrons. The maximum atomic E-state index is 12.7.